The van der Waals surface area contributed by atoms with Crippen LogP contribution in [0.4, 0.5) is 0 Å². The Bertz CT molecular complexity index is 554. The number of hydrogen-bond donors (Lipinski definition) is 3. The summed E-state index contributed by atoms with van der Waals surface area (Å²) in [6, 6.07) is 6.99. The molecular weight excluding hydrogens is 304 g/mol. The van der Waals surface area contributed by atoms with Gasteiger partial charge in [-0.3, -0.25) is 0 Å². The zero-order valence-electron chi connectivity index (χ0n) is 12.8. The summed E-state index contributed by atoms with van der Waals surface area (Å²) in [6.07, 6.45) is -3.61. The molecule has 0 saturated carbocycles. The van der Waals surface area contributed by atoms with Gasteiger partial charge in [-0.2, -0.15) is 0 Å². The van der Waals surface area contributed by atoms with Crippen molar-refractivity contribution in [3.05, 3.63) is 35.9 Å². The molecule has 1 aromatic rings. The molecule has 7 heteroatoms. The first kappa shape index (κ1) is 17.4. The molecule has 1 aliphatic rings. The largest absolute Gasteiger partial charge is 0.497 e. The van der Waals surface area contributed by atoms with Crippen LogP contribution in [0.5, 0.6) is 5.75 Å². The van der Waals surface area contributed by atoms with E-state index in [1.807, 2.05) is 0 Å². The second kappa shape index (κ2) is 7.56. The summed E-state index contributed by atoms with van der Waals surface area (Å²) in [7, 11) is 1.56. The SMILES string of the molecule is COc1ccc(/C=C/C(=O)O[C@@H]2[C@H](O)[C@@H](O)[C@H](C)O[C@@H]2O)cc1. The number of benzene rings is 1. The molecule has 0 unspecified atom stereocenters. The Kier molecular flexibility index (Phi) is 5.73. The Balaban J connectivity index is 1.96. The fourth-order valence-corrected chi connectivity index (χ4v) is 2.20. The van der Waals surface area contributed by atoms with Crippen molar-refractivity contribution in [1.82, 2.24) is 0 Å². The Hall–Kier alpha value is -1.93. The molecule has 5 atom stereocenters. The van der Waals surface area contributed by atoms with Crippen LogP contribution in [0.3, 0.4) is 0 Å². The van der Waals surface area contributed by atoms with E-state index in [4.69, 9.17) is 14.2 Å². The van der Waals surface area contributed by atoms with Gasteiger partial charge in [-0.15, -0.1) is 0 Å². The van der Waals surface area contributed by atoms with Crippen molar-refractivity contribution in [3.8, 4) is 5.75 Å². The van der Waals surface area contributed by atoms with Gasteiger partial charge in [0.05, 0.1) is 13.2 Å². The smallest absolute Gasteiger partial charge is 0.331 e. The number of carbonyl (C=O) groups excluding carboxylic acids is 1. The molecule has 2 rings (SSSR count). The summed E-state index contributed by atoms with van der Waals surface area (Å²) in [5.74, 6) is -0.0762. The van der Waals surface area contributed by atoms with E-state index in [1.54, 1.807) is 31.4 Å². The molecule has 1 fully saturated rings. The number of rotatable bonds is 4. The van der Waals surface area contributed by atoms with E-state index < -0.39 is 36.7 Å². The zero-order valence-corrected chi connectivity index (χ0v) is 12.8. The maximum Gasteiger partial charge on any atom is 0.331 e. The molecule has 23 heavy (non-hydrogen) atoms. The van der Waals surface area contributed by atoms with Gasteiger partial charge in [-0.05, 0) is 30.7 Å². The van der Waals surface area contributed by atoms with Crippen molar-refractivity contribution >= 4 is 12.0 Å². The number of hydrogen-bond acceptors (Lipinski definition) is 7. The second-order valence-corrected chi connectivity index (χ2v) is 5.22. The van der Waals surface area contributed by atoms with Crippen LogP contribution in [0, 0.1) is 0 Å². The fourth-order valence-electron chi connectivity index (χ4n) is 2.20. The van der Waals surface area contributed by atoms with Crippen LogP contribution >= 0.6 is 0 Å². The summed E-state index contributed by atoms with van der Waals surface area (Å²) in [5.41, 5.74) is 0.748. The lowest BCUT2D eigenvalue weighted by Gasteiger charge is -2.38. The molecular formula is C16H20O7. The molecule has 0 spiro atoms. The lowest BCUT2D eigenvalue weighted by atomic mass is 10.00. The van der Waals surface area contributed by atoms with E-state index >= 15 is 0 Å². The summed E-state index contributed by atoms with van der Waals surface area (Å²) in [5, 5.41) is 29.3. The van der Waals surface area contributed by atoms with Gasteiger partial charge in [0.1, 0.15) is 18.0 Å². The summed E-state index contributed by atoms with van der Waals surface area (Å²) in [6.45, 7) is 1.50. The molecule has 1 aliphatic heterocycles. The van der Waals surface area contributed by atoms with Crippen molar-refractivity contribution in [1.29, 1.82) is 0 Å². The topological polar surface area (TPSA) is 105 Å². The van der Waals surface area contributed by atoms with Gasteiger partial charge in [0.2, 0.25) is 0 Å². The quantitative estimate of drug-likeness (QED) is 0.532. The minimum Gasteiger partial charge on any atom is -0.497 e. The molecule has 7 nitrogen and oxygen atoms in total. The van der Waals surface area contributed by atoms with E-state index in [0.29, 0.717) is 5.75 Å². The van der Waals surface area contributed by atoms with E-state index in [-0.39, 0.29) is 0 Å². The first-order valence-corrected chi connectivity index (χ1v) is 7.15. The first-order valence-electron chi connectivity index (χ1n) is 7.15. The van der Waals surface area contributed by atoms with Gasteiger partial charge in [0.15, 0.2) is 12.4 Å². The Morgan fingerprint density at radius 2 is 1.83 bits per heavy atom. The van der Waals surface area contributed by atoms with Gasteiger partial charge in [0, 0.05) is 6.08 Å². The van der Waals surface area contributed by atoms with Crippen LogP contribution in [0.15, 0.2) is 30.3 Å². The molecule has 0 amide bonds. The average molecular weight is 324 g/mol. The van der Waals surface area contributed by atoms with Gasteiger partial charge in [-0.25, -0.2) is 4.79 Å². The Morgan fingerprint density at radius 3 is 2.43 bits per heavy atom. The van der Waals surface area contributed by atoms with Crippen LogP contribution in [-0.2, 0) is 14.3 Å². The standard InChI is InChI=1S/C16H20O7/c1-9-13(18)14(19)15(16(20)22-9)23-12(17)8-5-10-3-6-11(21-2)7-4-10/h3-9,13-16,18-20H,1-2H3/b8-5+/t9-,13-,14+,15+,16-/m0/s1. The molecule has 0 bridgehead atoms. The van der Waals surface area contributed by atoms with Crippen molar-refractivity contribution in [2.24, 2.45) is 0 Å². The number of esters is 1. The van der Waals surface area contributed by atoms with Crippen molar-refractivity contribution in [2.45, 2.75) is 37.6 Å². The highest BCUT2D eigenvalue weighted by molar-refractivity contribution is 5.87. The van der Waals surface area contributed by atoms with E-state index in [2.05, 4.69) is 0 Å². The second-order valence-electron chi connectivity index (χ2n) is 5.22. The number of aliphatic hydroxyl groups excluding tert-OH is 3. The minimum absolute atomic E-state index is 0.693. The summed E-state index contributed by atoms with van der Waals surface area (Å²) < 4.78 is 15.0. The molecule has 126 valence electrons. The lowest BCUT2D eigenvalue weighted by Crippen LogP contribution is -2.57. The van der Waals surface area contributed by atoms with Crippen LogP contribution in [0.2, 0.25) is 0 Å². The van der Waals surface area contributed by atoms with Gasteiger partial charge < -0.3 is 29.5 Å². The third kappa shape index (κ3) is 4.29. The summed E-state index contributed by atoms with van der Waals surface area (Å²) >= 11 is 0. The summed E-state index contributed by atoms with van der Waals surface area (Å²) in [4.78, 5) is 11.8. The third-order valence-corrected chi connectivity index (χ3v) is 3.58. The maximum absolute atomic E-state index is 11.8. The highest BCUT2D eigenvalue weighted by Crippen LogP contribution is 2.22. The number of methoxy groups -OCH3 is 1. The molecule has 1 aromatic carbocycles. The number of aliphatic hydroxyl groups is 3. The highest BCUT2D eigenvalue weighted by atomic mass is 16.7. The van der Waals surface area contributed by atoms with Crippen LogP contribution in [0.1, 0.15) is 12.5 Å². The predicted molar refractivity (Wildman–Crippen MR) is 80.5 cm³/mol. The third-order valence-electron chi connectivity index (χ3n) is 3.58. The van der Waals surface area contributed by atoms with Crippen molar-refractivity contribution in [2.75, 3.05) is 7.11 Å². The molecule has 0 aliphatic carbocycles. The number of carbonyl (C=O) groups is 1. The minimum atomic E-state index is -1.50. The molecule has 3 N–H and O–H groups in total. The van der Waals surface area contributed by atoms with Crippen LogP contribution in [0.25, 0.3) is 6.08 Å². The van der Waals surface area contributed by atoms with E-state index in [9.17, 15) is 20.1 Å². The number of ether oxygens (including phenoxy) is 3. The maximum atomic E-state index is 11.8. The first-order chi connectivity index (χ1) is 10.9. The van der Waals surface area contributed by atoms with Crippen LogP contribution < -0.4 is 4.74 Å². The highest BCUT2D eigenvalue weighted by Gasteiger charge is 2.44. The van der Waals surface area contributed by atoms with E-state index in [1.165, 1.54) is 13.0 Å². The van der Waals surface area contributed by atoms with Crippen molar-refractivity contribution in [3.63, 3.8) is 0 Å². The van der Waals surface area contributed by atoms with Crippen LogP contribution in [-0.4, -0.2) is 59.1 Å². The Morgan fingerprint density at radius 1 is 1.17 bits per heavy atom. The van der Waals surface area contributed by atoms with E-state index in [0.717, 1.165) is 11.6 Å². The van der Waals surface area contributed by atoms with Gasteiger partial charge in [0.25, 0.3) is 0 Å². The zero-order chi connectivity index (χ0) is 17.0. The Labute approximate surface area is 133 Å². The molecule has 0 aromatic heterocycles. The monoisotopic (exact) mass is 324 g/mol. The van der Waals surface area contributed by atoms with Crippen molar-refractivity contribution < 1.29 is 34.3 Å². The van der Waals surface area contributed by atoms with Gasteiger partial charge in [-0.1, -0.05) is 12.1 Å². The predicted octanol–water partition coefficient (Wildman–Crippen LogP) is 0.0791. The average Bonchev–Trinajstić information content (AvgIpc) is 2.55. The lowest BCUT2D eigenvalue weighted by molar-refractivity contribution is -0.281. The molecule has 1 heterocycles. The fraction of sp³-hybridized carbons (Fsp3) is 0.438. The molecule has 0 radical (unpaired) electrons. The normalized spacial score (nSPS) is 31.1. The van der Waals surface area contributed by atoms with Gasteiger partial charge >= 0.3 is 5.97 Å². The molecule has 1 saturated heterocycles.